The second-order valence-electron chi connectivity index (χ2n) is 8.24. The Hall–Kier alpha value is -1.57. The summed E-state index contributed by atoms with van der Waals surface area (Å²) in [5, 5.41) is 0. The predicted molar refractivity (Wildman–Crippen MR) is 115 cm³/mol. The van der Waals surface area contributed by atoms with Crippen molar-refractivity contribution in [3.8, 4) is 0 Å². The summed E-state index contributed by atoms with van der Waals surface area (Å²) in [6.07, 6.45) is 0. The van der Waals surface area contributed by atoms with E-state index in [1.807, 2.05) is 13.1 Å². The zero-order valence-corrected chi connectivity index (χ0v) is 18.9. The van der Waals surface area contributed by atoms with Gasteiger partial charge in [-0.05, 0) is 100 Å². The van der Waals surface area contributed by atoms with Crippen molar-refractivity contribution in [3.05, 3.63) is 58.7 Å². The Morgan fingerprint density at radius 2 is 1.12 bits per heavy atom. The van der Waals surface area contributed by atoms with E-state index in [4.69, 9.17) is 0 Å². The number of hydrogen-bond acceptors (Lipinski definition) is 3. The third kappa shape index (κ3) is 4.97. The highest BCUT2D eigenvalue weighted by Crippen LogP contribution is 2.30. The molecule has 2 aromatic rings. The number of benzene rings is 2. The highest BCUT2D eigenvalue weighted by atomic mass is 28.4. The van der Waals surface area contributed by atoms with Gasteiger partial charge in [-0.2, -0.15) is 0 Å². The molecular formula is C20H32N2OSi2. The normalized spacial score (nSPS) is 12.2. The summed E-state index contributed by atoms with van der Waals surface area (Å²) in [5.74, 6) is 0. The van der Waals surface area contributed by atoms with Crippen molar-refractivity contribution in [2.24, 2.45) is 0 Å². The van der Waals surface area contributed by atoms with E-state index in [9.17, 15) is 4.80 Å². The Bertz CT molecular complexity index is 726. The third-order valence-corrected chi connectivity index (χ3v) is 11.2. The lowest BCUT2D eigenvalue weighted by Crippen LogP contribution is -2.66. The first-order chi connectivity index (χ1) is 11.4. The number of hydrogen-bond donors (Lipinski definition) is 2. The van der Waals surface area contributed by atoms with Gasteiger partial charge in [0.15, 0.2) is 0 Å². The average molecular weight is 373 g/mol. The van der Waals surface area contributed by atoms with Crippen molar-refractivity contribution >= 4 is 28.3 Å². The van der Waals surface area contributed by atoms with Crippen LogP contribution in [-0.2, 0) is 0 Å². The average Bonchev–Trinajstić information content (AvgIpc) is 2.32. The topological polar surface area (TPSA) is 35.5 Å². The van der Waals surface area contributed by atoms with Gasteiger partial charge in [-0.3, -0.25) is 0 Å². The van der Waals surface area contributed by atoms with Crippen LogP contribution in [0.25, 0.3) is 0 Å². The van der Waals surface area contributed by atoms with Gasteiger partial charge >= 0.3 is 0 Å². The van der Waals surface area contributed by atoms with Gasteiger partial charge in [0, 0.05) is 11.4 Å². The van der Waals surface area contributed by atoms with Crippen molar-refractivity contribution in [1.29, 1.82) is 0 Å². The zero-order valence-electron chi connectivity index (χ0n) is 16.9. The summed E-state index contributed by atoms with van der Waals surface area (Å²) in [4.78, 5) is 14.9. The van der Waals surface area contributed by atoms with E-state index in [-0.39, 0.29) is 0 Å². The Morgan fingerprint density at radius 3 is 1.52 bits per heavy atom. The Balaban J connectivity index is 2.48. The van der Waals surface area contributed by atoms with Crippen molar-refractivity contribution in [2.45, 2.75) is 53.9 Å². The first-order valence-corrected chi connectivity index (χ1v) is 14.7. The highest BCUT2D eigenvalue weighted by Gasteiger charge is 2.41. The summed E-state index contributed by atoms with van der Waals surface area (Å²) in [6, 6.07) is 13.1. The maximum atomic E-state index is 11.1. The molecule has 0 aromatic heterocycles. The molecule has 0 aliphatic carbocycles. The minimum Gasteiger partial charge on any atom is -0.416 e. The third-order valence-electron chi connectivity index (χ3n) is 4.24. The monoisotopic (exact) mass is 372 g/mol. The lowest BCUT2D eigenvalue weighted by atomic mass is 10.1. The van der Waals surface area contributed by atoms with Gasteiger partial charge in [0.25, 0.3) is 8.48 Å². The maximum Gasteiger partial charge on any atom is 0.284 e. The number of nitrogens with one attached hydrogen (secondary N) is 1. The van der Waals surface area contributed by atoms with Crippen LogP contribution in [0, 0.1) is 27.7 Å². The lowest BCUT2D eigenvalue weighted by Gasteiger charge is -2.46. The molecule has 0 atom stereocenters. The lowest BCUT2D eigenvalue weighted by molar-refractivity contribution is 0.552. The van der Waals surface area contributed by atoms with Gasteiger partial charge in [0.1, 0.15) is 0 Å². The molecule has 0 unspecified atom stereocenters. The molecule has 0 aliphatic heterocycles. The Labute approximate surface area is 155 Å². The van der Waals surface area contributed by atoms with Crippen molar-refractivity contribution in [1.82, 2.24) is 0 Å². The van der Waals surface area contributed by atoms with Gasteiger partial charge in [0.05, 0.1) is 0 Å². The number of rotatable bonds is 5. The summed E-state index contributed by atoms with van der Waals surface area (Å²) in [6.45, 7) is 17.0. The molecule has 2 rings (SSSR count). The van der Waals surface area contributed by atoms with Crippen LogP contribution >= 0.6 is 0 Å². The SMILES string of the molecule is Cc1cc(C)cc(N[Si](C)(C)N(c2cc(C)cc(C)c2)[Si](C)(C)O)c1. The molecule has 136 valence electrons. The molecule has 25 heavy (non-hydrogen) atoms. The fourth-order valence-electron chi connectivity index (χ4n) is 3.86. The van der Waals surface area contributed by atoms with Crippen molar-refractivity contribution in [2.75, 3.05) is 9.21 Å². The molecule has 2 N–H and O–H groups in total. The molecule has 0 saturated heterocycles. The second-order valence-corrected chi connectivity index (χ2v) is 15.9. The molecule has 0 aliphatic rings. The van der Waals surface area contributed by atoms with Gasteiger partial charge < -0.3 is 14.0 Å². The molecule has 0 saturated carbocycles. The van der Waals surface area contributed by atoms with Gasteiger partial charge in [-0.1, -0.05) is 12.1 Å². The largest absolute Gasteiger partial charge is 0.416 e. The van der Waals surface area contributed by atoms with E-state index in [2.05, 4.69) is 86.4 Å². The minimum absolute atomic E-state index is 1.13. The molecule has 5 heteroatoms. The Kier molecular flexibility index (Phi) is 5.51. The quantitative estimate of drug-likeness (QED) is 0.705. The Morgan fingerprint density at radius 1 is 0.720 bits per heavy atom. The summed E-state index contributed by atoms with van der Waals surface area (Å²) in [7, 11) is -4.70. The predicted octanol–water partition coefficient (Wildman–Crippen LogP) is 5.23. The smallest absolute Gasteiger partial charge is 0.284 e. The number of anilines is 2. The molecule has 0 amide bonds. The number of nitrogens with zero attached hydrogens (tertiary/aromatic N) is 1. The van der Waals surface area contributed by atoms with E-state index >= 15 is 0 Å². The van der Waals surface area contributed by atoms with Crippen LogP contribution in [0.4, 0.5) is 11.4 Å². The van der Waals surface area contributed by atoms with Crippen LogP contribution in [0.5, 0.6) is 0 Å². The van der Waals surface area contributed by atoms with Gasteiger partial charge in [-0.15, -0.1) is 0 Å². The fourth-order valence-corrected chi connectivity index (χ4v) is 12.0. The van der Waals surface area contributed by atoms with Crippen LogP contribution in [0.3, 0.4) is 0 Å². The molecule has 2 aromatic carbocycles. The van der Waals surface area contributed by atoms with E-state index in [1.54, 1.807) is 0 Å². The summed E-state index contributed by atoms with van der Waals surface area (Å²) >= 11 is 0. The van der Waals surface area contributed by atoms with Crippen LogP contribution in [0.15, 0.2) is 36.4 Å². The minimum atomic E-state index is -2.56. The van der Waals surface area contributed by atoms with Crippen LogP contribution < -0.4 is 9.21 Å². The first-order valence-electron chi connectivity index (χ1n) is 8.86. The molecule has 0 bridgehead atoms. The van der Waals surface area contributed by atoms with Crippen molar-refractivity contribution < 1.29 is 4.80 Å². The molecular weight excluding hydrogens is 340 g/mol. The molecule has 0 radical (unpaired) electrons. The fraction of sp³-hybridized carbons (Fsp3) is 0.400. The molecule has 0 spiro atoms. The van der Waals surface area contributed by atoms with Crippen molar-refractivity contribution in [3.63, 3.8) is 0 Å². The standard InChI is InChI=1S/C20H32N2OSi2/c1-15-9-16(2)12-19(11-15)21-24(5,6)22(25(7,8)23)20-13-17(3)10-18(4)14-20/h9-14,21,23H,1-8H3. The first kappa shape index (κ1) is 19.8. The second kappa shape index (κ2) is 6.98. The van der Waals surface area contributed by atoms with E-state index < -0.39 is 16.9 Å². The summed E-state index contributed by atoms with van der Waals surface area (Å²) in [5.41, 5.74) is 7.24. The van der Waals surface area contributed by atoms with E-state index in [0.717, 1.165) is 11.4 Å². The maximum absolute atomic E-state index is 11.1. The highest BCUT2D eigenvalue weighted by molar-refractivity contribution is 6.98. The molecule has 0 heterocycles. The molecule has 0 fully saturated rings. The van der Waals surface area contributed by atoms with E-state index in [0.29, 0.717) is 0 Å². The van der Waals surface area contributed by atoms with Crippen LogP contribution in [-0.4, -0.2) is 21.7 Å². The zero-order chi connectivity index (χ0) is 19.0. The van der Waals surface area contributed by atoms with E-state index in [1.165, 1.54) is 22.3 Å². The number of aryl methyl sites for hydroxylation is 4. The van der Waals surface area contributed by atoms with Crippen LogP contribution in [0.2, 0.25) is 26.2 Å². The van der Waals surface area contributed by atoms with Crippen LogP contribution in [0.1, 0.15) is 22.3 Å². The van der Waals surface area contributed by atoms with Gasteiger partial charge in [0.2, 0.25) is 8.40 Å². The van der Waals surface area contributed by atoms with Gasteiger partial charge in [-0.25, -0.2) is 0 Å². The molecule has 3 nitrogen and oxygen atoms in total. The summed E-state index contributed by atoms with van der Waals surface area (Å²) < 4.78 is 2.32.